The molecule has 20 heavy (non-hydrogen) atoms. The third-order valence-corrected chi connectivity index (χ3v) is 4.07. The summed E-state index contributed by atoms with van der Waals surface area (Å²) in [5.74, 6) is -0.368. The van der Waals surface area contributed by atoms with Gasteiger partial charge in [-0.2, -0.15) is 0 Å². The molecule has 1 aliphatic rings. The average Bonchev–Trinajstić information content (AvgIpc) is 2.64. The Morgan fingerprint density at radius 3 is 2.85 bits per heavy atom. The smallest absolute Gasteiger partial charge is 0.242 e. The van der Waals surface area contributed by atoms with E-state index in [1.54, 1.807) is 12.1 Å². The van der Waals surface area contributed by atoms with Crippen molar-refractivity contribution in [1.29, 1.82) is 0 Å². The summed E-state index contributed by atoms with van der Waals surface area (Å²) in [5, 5.41) is 5.52. The van der Waals surface area contributed by atoms with E-state index >= 15 is 0 Å². The van der Waals surface area contributed by atoms with Gasteiger partial charge in [-0.15, -0.1) is 11.8 Å². The Morgan fingerprint density at radius 1 is 1.35 bits per heavy atom. The number of hydrogen-bond donors (Lipinski definition) is 2. The normalized spacial score (nSPS) is 19.1. The number of halogens is 1. The monoisotopic (exact) mass is 296 g/mol. The molecular formula is C14H17FN2O2S. The van der Waals surface area contributed by atoms with Gasteiger partial charge in [0, 0.05) is 11.4 Å². The Bertz CT molecular complexity index is 479. The van der Waals surface area contributed by atoms with E-state index in [1.807, 2.05) is 0 Å². The molecule has 2 amide bonds. The van der Waals surface area contributed by atoms with Gasteiger partial charge >= 0.3 is 0 Å². The SMILES string of the molecule is O=C(CSc1ccc(F)cc1)NC1CCCCNC1=O. The molecule has 4 nitrogen and oxygen atoms in total. The summed E-state index contributed by atoms with van der Waals surface area (Å²) in [6.07, 6.45) is 2.55. The summed E-state index contributed by atoms with van der Waals surface area (Å²) < 4.78 is 12.7. The Morgan fingerprint density at radius 2 is 2.10 bits per heavy atom. The predicted octanol–water partition coefficient (Wildman–Crippen LogP) is 1.70. The van der Waals surface area contributed by atoms with Crippen molar-refractivity contribution >= 4 is 23.6 Å². The second-order valence-electron chi connectivity index (χ2n) is 4.65. The minimum absolute atomic E-state index is 0.109. The first-order valence-electron chi connectivity index (χ1n) is 6.60. The zero-order valence-electron chi connectivity index (χ0n) is 11.0. The number of carbonyl (C=O) groups is 2. The van der Waals surface area contributed by atoms with Crippen LogP contribution in [0.4, 0.5) is 4.39 Å². The van der Waals surface area contributed by atoms with Crippen molar-refractivity contribution in [1.82, 2.24) is 10.6 Å². The maximum absolute atomic E-state index is 12.7. The summed E-state index contributed by atoms with van der Waals surface area (Å²) in [6.45, 7) is 0.676. The predicted molar refractivity (Wildman–Crippen MR) is 75.9 cm³/mol. The van der Waals surface area contributed by atoms with E-state index in [2.05, 4.69) is 10.6 Å². The Kier molecular flexibility index (Phi) is 5.40. The van der Waals surface area contributed by atoms with Crippen molar-refractivity contribution in [2.75, 3.05) is 12.3 Å². The minimum atomic E-state index is -0.432. The van der Waals surface area contributed by atoms with Crippen LogP contribution in [0.25, 0.3) is 0 Å². The summed E-state index contributed by atoms with van der Waals surface area (Å²) in [4.78, 5) is 24.3. The van der Waals surface area contributed by atoms with Crippen molar-refractivity contribution in [3.63, 3.8) is 0 Å². The zero-order valence-corrected chi connectivity index (χ0v) is 11.8. The van der Waals surface area contributed by atoms with E-state index in [1.165, 1.54) is 23.9 Å². The number of nitrogens with one attached hydrogen (secondary N) is 2. The number of benzene rings is 1. The van der Waals surface area contributed by atoms with Gasteiger partial charge in [0.15, 0.2) is 0 Å². The first kappa shape index (κ1) is 14.8. The lowest BCUT2D eigenvalue weighted by Gasteiger charge is -2.14. The van der Waals surface area contributed by atoms with Crippen molar-refractivity contribution in [2.24, 2.45) is 0 Å². The summed E-state index contributed by atoms with van der Waals surface area (Å²) in [6, 6.07) is 5.55. The molecule has 0 spiro atoms. The molecule has 6 heteroatoms. The van der Waals surface area contributed by atoms with Gasteiger partial charge in [0.05, 0.1) is 5.75 Å². The van der Waals surface area contributed by atoms with Crippen molar-refractivity contribution in [3.05, 3.63) is 30.1 Å². The number of thioether (sulfide) groups is 1. The highest BCUT2D eigenvalue weighted by Gasteiger charge is 2.22. The number of hydrogen-bond acceptors (Lipinski definition) is 3. The maximum atomic E-state index is 12.7. The Balaban J connectivity index is 1.79. The molecule has 2 N–H and O–H groups in total. The van der Waals surface area contributed by atoms with Gasteiger partial charge in [0.2, 0.25) is 11.8 Å². The largest absolute Gasteiger partial charge is 0.354 e. The van der Waals surface area contributed by atoms with E-state index in [0.717, 1.165) is 17.7 Å². The topological polar surface area (TPSA) is 58.2 Å². The number of rotatable bonds is 4. The fourth-order valence-corrected chi connectivity index (χ4v) is 2.70. The molecule has 1 saturated heterocycles. The molecule has 1 aromatic carbocycles. The third-order valence-electron chi connectivity index (χ3n) is 3.05. The highest BCUT2D eigenvalue weighted by atomic mass is 32.2. The van der Waals surface area contributed by atoms with Crippen molar-refractivity contribution in [3.8, 4) is 0 Å². The van der Waals surface area contributed by atoms with Crippen LogP contribution in [0.2, 0.25) is 0 Å². The minimum Gasteiger partial charge on any atom is -0.354 e. The van der Waals surface area contributed by atoms with Crippen LogP contribution in [-0.4, -0.2) is 30.2 Å². The van der Waals surface area contributed by atoms with Gasteiger partial charge in [-0.1, -0.05) is 0 Å². The van der Waals surface area contributed by atoms with Crippen LogP contribution in [0, 0.1) is 5.82 Å². The Hall–Kier alpha value is -1.56. The molecule has 1 unspecified atom stereocenters. The van der Waals surface area contributed by atoms with Gasteiger partial charge in [0.25, 0.3) is 0 Å². The second kappa shape index (κ2) is 7.28. The van der Waals surface area contributed by atoms with Gasteiger partial charge in [0.1, 0.15) is 11.9 Å². The third kappa shape index (κ3) is 4.52. The molecule has 2 rings (SSSR count). The molecule has 0 radical (unpaired) electrons. The van der Waals surface area contributed by atoms with E-state index < -0.39 is 6.04 Å². The molecule has 0 aromatic heterocycles. The molecule has 0 aliphatic carbocycles. The fourth-order valence-electron chi connectivity index (χ4n) is 1.99. The van der Waals surface area contributed by atoms with Crippen molar-refractivity contribution in [2.45, 2.75) is 30.2 Å². The van der Waals surface area contributed by atoms with Crippen LogP contribution >= 0.6 is 11.8 Å². The molecule has 1 aromatic rings. The van der Waals surface area contributed by atoms with E-state index in [4.69, 9.17) is 0 Å². The highest BCUT2D eigenvalue weighted by molar-refractivity contribution is 8.00. The average molecular weight is 296 g/mol. The summed E-state index contributed by atoms with van der Waals surface area (Å²) >= 11 is 1.32. The molecule has 1 fully saturated rings. The van der Waals surface area contributed by atoms with Crippen LogP contribution in [-0.2, 0) is 9.59 Å². The molecule has 0 bridgehead atoms. The molecule has 1 aliphatic heterocycles. The fraction of sp³-hybridized carbons (Fsp3) is 0.429. The lowest BCUT2D eigenvalue weighted by atomic mass is 10.1. The molecule has 0 saturated carbocycles. The van der Waals surface area contributed by atoms with Gasteiger partial charge in [-0.05, 0) is 43.5 Å². The molecular weight excluding hydrogens is 279 g/mol. The number of carbonyl (C=O) groups excluding carboxylic acids is 2. The lowest BCUT2D eigenvalue weighted by Crippen LogP contribution is -2.46. The van der Waals surface area contributed by atoms with Crippen LogP contribution in [0.1, 0.15) is 19.3 Å². The van der Waals surface area contributed by atoms with Gasteiger partial charge in [-0.3, -0.25) is 9.59 Å². The quantitative estimate of drug-likeness (QED) is 0.832. The van der Waals surface area contributed by atoms with E-state index in [-0.39, 0.29) is 23.4 Å². The zero-order chi connectivity index (χ0) is 14.4. The maximum Gasteiger partial charge on any atom is 0.242 e. The summed E-state index contributed by atoms with van der Waals surface area (Å²) in [5.41, 5.74) is 0. The van der Waals surface area contributed by atoms with Crippen LogP contribution in [0.15, 0.2) is 29.2 Å². The van der Waals surface area contributed by atoms with Gasteiger partial charge < -0.3 is 10.6 Å². The number of amides is 2. The van der Waals surface area contributed by atoms with E-state index in [9.17, 15) is 14.0 Å². The van der Waals surface area contributed by atoms with E-state index in [0.29, 0.717) is 13.0 Å². The van der Waals surface area contributed by atoms with Crippen LogP contribution in [0.5, 0.6) is 0 Å². The lowest BCUT2D eigenvalue weighted by molar-refractivity contribution is -0.127. The van der Waals surface area contributed by atoms with Crippen molar-refractivity contribution < 1.29 is 14.0 Å². The highest BCUT2D eigenvalue weighted by Crippen LogP contribution is 2.17. The first-order valence-corrected chi connectivity index (χ1v) is 7.59. The second-order valence-corrected chi connectivity index (χ2v) is 5.70. The Labute approximate surface area is 121 Å². The molecule has 1 heterocycles. The van der Waals surface area contributed by atoms with Gasteiger partial charge in [-0.25, -0.2) is 4.39 Å². The molecule has 108 valence electrons. The van der Waals surface area contributed by atoms with Crippen LogP contribution in [0.3, 0.4) is 0 Å². The molecule has 1 atom stereocenters. The first-order chi connectivity index (χ1) is 9.65. The summed E-state index contributed by atoms with van der Waals surface area (Å²) in [7, 11) is 0. The van der Waals surface area contributed by atoms with Crippen LogP contribution < -0.4 is 10.6 Å². The standard InChI is InChI=1S/C14H17FN2O2S/c15-10-4-6-11(7-5-10)20-9-13(18)17-12-3-1-2-8-16-14(12)19/h4-7,12H,1-3,8-9H2,(H,16,19)(H,17,18).